The zero-order chi connectivity index (χ0) is 22.6. The monoisotopic (exact) mass is 478 g/mol. The second-order valence-electron chi connectivity index (χ2n) is 8.16. The van der Waals surface area contributed by atoms with Crippen molar-refractivity contribution in [3.63, 3.8) is 0 Å². The molecule has 170 valence electrons. The maximum Gasteiger partial charge on any atom is 0.255 e. The molecule has 0 aliphatic carbocycles. The van der Waals surface area contributed by atoms with Gasteiger partial charge in [0.15, 0.2) is 5.13 Å². The third-order valence-electron chi connectivity index (χ3n) is 6.13. The summed E-state index contributed by atoms with van der Waals surface area (Å²) in [4.78, 5) is 37.7. The summed E-state index contributed by atoms with van der Waals surface area (Å²) in [5, 5.41) is 3.00. The fourth-order valence-corrected chi connectivity index (χ4v) is 6.06. The normalized spacial score (nSPS) is 15.9. The van der Waals surface area contributed by atoms with E-state index in [1.54, 1.807) is 11.3 Å². The van der Waals surface area contributed by atoms with Crippen LogP contribution in [-0.4, -0.2) is 60.2 Å². The highest BCUT2D eigenvalue weighted by molar-refractivity contribution is 8.00. The number of para-hydroxylation sites is 1. The van der Waals surface area contributed by atoms with Crippen LogP contribution in [0.25, 0.3) is 0 Å². The maximum atomic E-state index is 13.4. The zero-order valence-electron chi connectivity index (χ0n) is 18.4. The van der Waals surface area contributed by atoms with Crippen molar-refractivity contribution in [3.8, 4) is 0 Å². The van der Waals surface area contributed by atoms with E-state index in [0.717, 1.165) is 54.7 Å². The Bertz CT molecular complexity index is 1130. The number of aromatic nitrogens is 1. The second-order valence-corrected chi connectivity index (χ2v) is 10.0. The van der Waals surface area contributed by atoms with E-state index in [0.29, 0.717) is 17.9 Å². The molecule has 1 fully saturated rings. The summed E-state index contributed by atoms with van der Waals surface area (Å²) in [6.07, 6.45) is 3.63. The van der Waals surface area contributed by atoms with Crippen molar-refractivity contribution in [2.75, 3.05) is 48.3 Å². The number of hydrogen-bond acceptors (Lipinski definition) is 6. The van der Waals surface area contributed by atoms with Gasteiger partial charge in [0.2, 0.25) is 5.91 Å². The fourth-order valence-electron chi connectivity index (χ4n) is 4.44. The molecule has 0 N–H and O–H groups in total. The van der Waals surface area contributed by atoms with Crippen LogP contribution in [0, 0.1) is 0 Å². The lowest BCUT2D eigenvalue weighted by Crippen LogP contribution is -2.35. The van der Waals surface area contributed by atoms with Crippen LogP contribution in [0.2, 0.25) is 0 Å². The summed E-state index contributed by atoms with van der Waals surface area (Å²) in [6, 6.07) is 15.7. The molecule has 33 heavy (non-hydrogen) atoms. The smallest absolute Gasteiger partial charge is 0.255 e. The van der Waals surface area contributed by atoms with E-state index in [2.05, 4.69) is 16.0 Å². The first kappa shape index (κ1) is 22.0. The Morgan fingerprint density at radius 1 is 0.970 bits per heavy atom. The van der Waals surface area contributed by atoms with Gasteiger partial charge in [0.1, 0.15) is 0 Å². The highest BCUT2D eigenvalue weighted by atomic mass is 32.2. The first-order valence-electron chi connectivity index (χ1n) is 11.2. The summed E-state index contributed by atoms with van der Waals surface area (Å²) in [5.74, 6) is 0.440. The van der Waals surface area contributed by atoms with Crippen LogP contribution < -0.4 is 9.80 Å². The van der Waals surface area contributed by atoms with Crippen molar-refractivity contribution < 1.29 is 9.59 Å². The third-order valence-corrected chi connectivity index (χ3v) is 8.02. The molecule has 6 nitrogen and oxygen atoms in total. The predicted octanol–water partition coefficient (Wildman–Crippen LogP) is 4.18. The maximum absolute atomic E-state index is 13.4. The molecule has 3 heterocycles. The van der Waals surface area contributed by atoms with Crippen molar-refractivity contribution in [3.05, 3.63) is 71.2 Å². The van der Waals surface area contributed by atoms with E-state index in [4.69, 9.17) is 0 Å². The minimum absolute atomic E-state index is 0.0399. The minimum Gasteiger partial charge on any atom is -0.346 e. The fraction of sp³-hybridized carbons (Fsp3) is 0.320. The van der Waals surface area contributed by atoms with Crippen LogP contribution >= 0.6 is 23.1 Å². The summed E-state index contributed by atoms with van der Waals surface area (Å²) < 4.78 is 0. The van der Waals surface area contributed by atoms with E-state index in [9.17, 15) is 9.59 Å². The van der Waals surface area contributed by atoms with Crippen LogP contribution in [-0.2, 0) is 11.2 Å². The molecule has 0 unspecified atom stereocenters. The molecule has 5 rings (SSSR count). The number of thioether (sulfide) groups is 1. The van der Waals surface area contributed by atoms with Gasteiger partial charge in [-0.1, -0.05) is 30.3 Å². The Morgan fingerprint density at radius 2 is 1.82 bits per heavy atom. The second kappa shape index (κ2) is 9.97. The summed E-state index contributed by atoms with van der Waals surface area (Å²) in [5.41, 5.74) is 2.92. The van der Waals surface area contributed by atoms with Crippen molar-refractivity contribution in [2.24, 2.45) is 0 Å². The first-order chi connectivity index (χ1) is 16.2. The lowest BCUT2D eigenvalue weighted by atomic mass is 10.2. The lowest BCUT2D eigenvalue weighted by molar-refractivity contribution is -0.116. The Hall–Kier alpha value is -2.84. The largest absolute Gasteiger partial charge is 0.346 e. The Balaban J connectivity index is 1.24. The van der Waals surface area contributed by atoms with Crippen molar-refractivity contribution >= 4 is 45.7 Å². The molecule has 2 amide bonds. The molecule has 8 heteroatoms. The number of carbonyl (C=O) groups is 2. The number of rotatable bonds is 5. The molecule has 1 saturated heterocycles. The van der Waals surface area contributed by atoms with E-state index < -0.39 is 0 Å². The Kier molecular flexibility index (Phi) is 6.64. The van der Waals surface area contributed by atoms with Gasteiger partial charge in [0.25, 0.3) is 5.91 Å². The number of thiazole rings is 1. The van der Waals surface area contributed by atoms with Crippen LogP contribution in [0.5, 0.6) is 0 Å². The van der Waals surface area contributed by atoms with Crippen LogP contribution in [0.3, 0.4) is 0 Å². The number of carbonyl (C=O) groups excluding carboxylic acids is 2. The van der Waals surface area contributed by atoms with Crippen LogP contribution in [0.1, 0.15) is 22.3 Å². The minimum atomic E-state index is 0.0399. The highest BCUT2D eigenvalue weighted by Crippen LogP contribution is 2.30. The molecular formula is C25H26N4O2S2. The Morgan fingerprint density at radius 3 is 2.70 bits per heavy atom. The first-order valence-corrected chi connectivity index (χ1v) is 13.1. The van der Waals surface area contributed by atoms with Crippen molar-refractivity contribution in [2.45, 2.75) is 17.7 Å². The third kappa shape index (κ3) is 4.77. The predicted molar refractivity (Wildman–Crippen MR) is 135 cm³/mol. The van der Waals surface area contributed by atoms with Gasteiger partial charge in [-0.15, -0.1) is 23.1 Å². The van der Waals surface area contributed by atoms with Gasteiger partial charge in [0.05, 0.1) is 11.3 Å². The molecule has 0 atom stereocenters. The van der Waals surface area contributed by atoms with E-state index >= 15 is 0 Å². The molecule has 2 aliphatic rings. The average Bonchev–Trinajstić information content (AvgIpc) is 3.48. The number of benzene rings is 2. The lowest BCUT2D eigenvalue weighted by Gasteiger charge is -2.23. The standard InChI is InChI=1S/C25H26N4O2S2/c30-23(29-14-10-19-6-1-3-8-21(19)29)18-33-22-9-4-2-7-20(22)24(31)27-12-5-13-28(16-15-27)25-26-11-17-32-25/h1-4,6-9,11,17H,5,10,12-16,18H2. The SMILES string of the molecule is O=C(c1ccccc1SCC(=O)N1CCc2ccccc21)N1CCCN(c2nccs2)CC1. The van der Waals surface area contributed by atoms with Gasteiger partial charge in [-0.05, 0) is 36.6 Å². The summed E-state index contributed by atoms with van der Waals surface area (Å²) >= 11 is 3.09. The molecular weight excluding hydrogens is 452 g/mol. The van der Waals surface area contributed by atoms with Gasteiger partial charge in [-0.3, -0.25) is 9.59 Å². The van der Waals surface area contributed by atoms with E-state index in [1.165, 1.54) is 17.3 Å². The molecule has 0 bridgehead atoms. The number of anilines is 2. The number of hydrogen-bond donors (Lipinski definition) is 0. The molecule has 1 aromatic heterocycles. The molecule has 3 aromatic rings. The average molecular weight is 479 g/mol. The molecule has 0 spiro atoms. The topological polar surface area (TPSA) is 56.8 Å². The summed E-state index contributed by atoms with van der Waals surface area (Å²) in [6.45, 7) is 3.80. The molecule has 2 aliphatic heterocycles. The summed E-state index contributed by atoms with van der Waals surface area (Å²) in [7, 11) is 0. The molecule has 2 aromatic carbocycles. The van der Waals surface area contributed by atoms with Crippen LogP contribution in [0.4, 0.5) is 10.8 Å². The molecule has 0 saturated carbocycles. The van der Waals surface area contributed by atoms with Gasteiger partial charge in [-0.25, -0.2) is 4.98 Å². The zero-order valence-corrected chi connectivity index (χ0v) is 20.0. The highest BCUT2D eigenvalue weighted by Gasteiger charge is 2.26. The quantitative estimate of drug-likeness (QED) is 0.515. The van der Waals surface area contributed by atoms with E-state index in [-0.39, 0.29) is 11.8 Å². The van der Waals surface area contributed by atoms with Gasteiger partial charge >= 0.3 is 0 Å². The van der Waals surface area contributed by atoms with Gasteiger partial charge < -0.3 is 14.7 Å². The Labute approximate surface area is 202 Å². The number of nitrogens with zero attached hydrogens (tertiary/aromatic N) is 4. The van der Waals surface area contributed by atoms with Crippen molar-refractivity contribution in [1.82, 2.24) is 9.88 Å². The molecule has 0 radical (unpaired) electrons. The van der Waals surface area contributed by atoms with E-state index in [1.807, 2.05) is 63.8 Å². The number of amides is 2. The van der Waals surface area contributed by atoms with Gasteiger partial charge in [-0.2, -0.15) is 0 Å². The van der Waals surface area contributed by atoms with Crippen LogP contribution in [0.15, 0.2) is 65.0 Å². The van der Waals surface area contributed by atoms with Crippen molar-refractivity contribution in [1.29, 1.82) is 0 Å². The number of fused-ring (bicyclic) bond motifs is 1. The van der Waals surface area contributed by atoms with Gasteiger partial charge in [0, 0.05) is 54.9 Å².